The highest BCUT2D eigenvalue weighted by molar-refractivity contribution is 5.68. The lowest BCUT2D eigenvalue weighted by Crippen LogP contribution is -2.46. The molecule has 31 heavy (non-hydrogen) atoms. The Kier molecular flexibility index (Phi) is 6.19. The molecule has 2 aromatic rings. The largest absolute Gasteiger partial charge is 0.493 e. The van der Waals surface area contributed by atoms with E-state index in [2.05, 4.69) is 0 Å². The Labute approximate surface area is 183 Å². The van der Waals surface area contributed by atoms with Crippen LogP contribution in [0.2, 0.25) is 0 Å². The molecule has 0 aliphatic carbocycles. The predicted octanol–water partition coefficient (Wildman–Crippen LogP) is 5.28. The molecule has 6 heteroatoms. The summed E-state index contributed by atoms with van der Waals surface area (Å²) in [5.74, 6) is 0.799. The highest BCUT2D eigenvalue weighted by Crippen LogP contribution is 2.35. The minimum Gasteiger partial charge on any atom is -0.493 e. The van der Waals surface area contributed by atoms with Crippen molar-refractivity contribution in [3.63, 3.8) is 0 Å². The Morgan fingerprint density at radius 1 is 1.13 bits per heavy atom. The third-order valence-corrected chi connectivity index (χ3v) is 5.84. The summed E-state index contributed by atoms with van der Waals surface area (Å²) in [6, 6.07) is 12.7. The SMILES string of the molecule is CC(C)(C)OC(=O)N1CC[C@@H](c2ccc(F)cc2)C(COc2ccc3c(c2)COC3)C1. The molecule has 0 saturated carbocycles. The number of ether oxygens (including phenoxy) is 3. The van der Waals surface area contributed by atoms with E-state index >= 15 is 0 Å². The van der Waals surface area contributed by atoms with Gasteiger partial charge in [0.15, 0.2) is 0 Å². The van der Waals surface area contributed by atoms with Gasteiger partial charge in [-0.3, -0.25) is 0 Å². The van der Waals surface area contributed by atoms with Crippen LogP contribution in [0, 0.1) is 11.7 Å². The van der Waals surface area contributed by atoms with E-state index in [1.54, 1.807) is 4.90 Å². The molecular formula is C25H30FNO4. The second kappa shape index (κ2) is 8.87. The summed E-state index contributed by atoms with van der Waals surface area (Å²) in [6.45, 7) is 8.46. The van der Waals surface area contributed by atoms with E-state index in [9.17, 15) is 9.18 Å². The number of nitrogens with zero attached hydrogens (tertiary/aromatic N) is 1. The Hall–Kier alpha value is -2.60. The van der Waals surface area contributed by atoms with Crippen LogP contribution in [0.15, 0.2) is 42.5 Å². The number of amides is 1. The van der Waals surface area contributed by atoms with Crippen molar-refractivity contribution in [3.05, 3.63) is 65.0 Å². The van der Waals surface area contributed by atoms with Crippen molar-refractivity contribution < 1.29 is 23.4 Å². The Balaban J connectivity index is 1.49. The number of benzene rings is 2. The minimum atomic E-state index is -0.538. The molecule has 5 nitrogen and oxygen atoms in total. The van der Waals surface area contributed by atoms with Gasteiger partial charge in [-0.25, -0.2) is 9.18 Å². The number of carbonyl (C=O) groups is 1. The van der Waals surface area contributed by atoms with Crippen molar-refractivity contribution in [1.29, 1.82) is 0 Å². The van der Waals surface area contributed by atoms with Crippen LogP contribution < -0.4 is 4.74 Å². The van der Waals surface area contributed by atoms with Crippen molar-refractivity contribution in [1.82, 2.24) is 4.90 Å². The zero-order chi connectivity index (χ0) is 22.0. The fourth-order valence-corrected chi connectivity index (χ4v) is 4.28. The van der Waals surface area contributed by atoms with Crippen molar-refractivity contribution in [3.8, 4) is 5.75 Å². The van der Waals surface area contributed by atoms with E-state index in [1.807, 2.05) is 51.1 Å². The third kappa shape index (κ3) is 5.37. The monoisotopic (exact) mass is 427 g/mol. The highest BCUT2D eigenvalue weighted by atomic mass is 19.1. The topological polar surface area (TPSA) is 48.0 Å². The van der Waals surface area contributed by atoms with Gasteiger partial charge in [-0.05, 0) is 74.1 Å². The quantitative estimate of drug-likeness (QED) is 0.667. The fourth-order valence-electron chi connectivity index (χ4n) is 4.28. The molecule has 0 aromatic heterocycles. The van der Waals surface area contributed by atoms with Crippen LogP contribution in [0.4, 0.5) is 9.18 Å². The molecule has 2 atom stereocenters. The van der Waals surface area contributed by atoms with Gasteiger partial charge in [0.25, 0.3) is 0 Å². The lowest BCUT2D eigenvalue weighted by Gasteiger charge is -2.39. The fraction of sp³-hybridized carbons (Fsp3) is 0.480. The van der Waals surface area contributed by atoms with Crippen LogP contribution in [0.1, 0.15) is 49.8 Å². The molecule has 0 spiro atoms. The lowest BCUT2D eigenvalue weighted by molar-refractivity contribution is 0.0111. The first kappa shape index (κ1) is 21.6. The van der Waals surface area contributed by atoms with Crippen molar-refractivity contribution >= 4 is 6.09 Å². The number of hydrogen-bond donors (Lipinski definition) is 0. The third-order valence-electron chi connectivity index (χ3n) is 5.84. The number of halogens is 1. The van der Waals surface area contributed by atoms with Crippen LogP contribution in [-0.2, 0) is 22.7 Å². The zero-order valence-corrected chi connectivity index (χ0v) is 18.4. The molecule has 0 radical (unpaired) electrons. The Morgan fingerprint density at radius 3 is 2.61 bits per heavy atom. The van der Waals surface area contributed by atoms with Crippen LogP contribution >= 0.6 is 0 Å². The number of likely N-dealkylation sites (tertiary alicyclic amines) is 1. The molecule has 2 aliphatic heterocycles. The van der Waals surface area contributed by atoms with Gasteiger partial charge in [0, 0.05) is 19.0 Å². The van der Waals surface area contributed by atoms with E-state index < -0.39 is 5.60 Å². The number of piperidine rings is 1. The lowest BCUT2D eigenvalue weighted by atomic mass is 9.81. The average Bonchev–Trinajstić information content (AvgIpc) is 3.19. The summed E-state index contributed by atoms with van der Waals surface area (Å²) in [7, 11) is 0. The van der Waals surface area contributed by atoms with Gasteiger partial charge in [0.2, 0.25) is 0 Å². The van der Waals surface area contributed by atoms with Gasteiger partial charge in [-0.2, -0.15) is 0 Å². The van der Waals surface area contributed by atoms with Crippen LogP contribution in [0.25, 0.3) is 0 Å². The predicted molar refractivity (Wildman–Crippen MR) is 115 cm³/mol. The summed E-state index contributed by atoms with van der Waals surface area (Å²) in [5, 5.41) is 0. The van der Waals surface area contributed by atoms with Gasteiger partial charge >= 0.3 is 6.09 Å². The molecule has 1 fully saturated rings. The van der Waals surface area contributed by atoms with Crippen molar-refractivity contribution in [2.45, 2.75) is 51.9 Å². The minimum absolute atomic E-state index is 0.0660. The maximum absolute atomic E-state index is 13.5. The van der Waals surface area contributed by atoms with Gasteiger partial charge in [-0.15, -0.1) is 0 Å². The van der Waals surface area contributed by atoms with E-state index in [4.69, 9.17) is 14.2 Å². The molecular weight excluding hydrogens is 397 g/mol. The maximum Gasteiger partial charge on any atom is 0.410 e. The summed E-state index contributed by atoms with van der Waals surface area (Å²) in [5.41, 5.74) is 2.89. The molecule has 0 N–H and O–H groups in total. The van der Waals surface area contributed by atoms with Crippen LogP contribution in [-0.4, -0.2) is 36.3 Å². The summed E-state index contributed by atoms with van der Waals surface area (Å²) in [6.07, 6.45) is 0.474. The van der Waals surface area contributed by atoms with E-state index in [0.29, 0.717) is 32.9 Å². The second-order valence-electron chi connectivity index (χ2n) is 9.37. The van der Waals surface area contributed by atoms with Crippen LogP contribution in [0.5, 0.6) is 5.75 Å². The first-order valence-corrected chi connectivity index (χ1v) is 10.8. The molecule has 4 rings (SSSR count). The Morgan fingerprint density at radius 2 is 1.87 bits per heavy atom. The molecule has 2 heterocycles. The molecule has 166 valence electrons. The summed E-state index contributed by atoms with van der Waals surface area (Å²) < 4.78 is 30.7. The number of hydrogen-bond acceptors (Lipinski definition) is 4. The van der Waals surface area contributed by atoms with Gasteiger partial charge in [-0.1, -0.05) is 18.2 Å². The average molecular weight is 428 g/mol. The maximum atomic E-state index is 13.5. The van der Waals surface area contributed by atoms with E-state index in [1.165, 1.54) is 17.7 Å². The van der Waals surface area contributed by atoms with Gasteiger partial charge in [0.1, 0.15) is 17.2 Å². The summed E-state index contributed by atoms with van der Waals surface area (Å²) >= 11 is 0. The smallest absolute Gasteiger partial charge is 0.410 e. The summed E-state index contributed by atoms with van der Waals surface area (Å²) in [4.78, 5) is 14.4. The second-order valence-corrected chi connectivity index (χ2v) is 9.37. The van der Waals surface area contributed by atoms with Crippen LogP contribution in [0.3, 0.4) is 0 Å². The molecule has 0 bridgehead atoms. The molecule has 1 amide bonds. The van der Waals surface area contributed by atoms with Gasteiger partial charge < -0.3 is 19.1 Å². The molecule has 1 saturated heterocycles. The molecule has 2 aliphatic rings. The molecule has 2 aromatic carbocycles. The highest BCUT2D eigenvalue weighted by Gasteiger charge is 2.35. The van der Waals surface area contributed by atoms with Crippen molar-refractivity contribution in [2.24, 2.45) is 5.92 Å². The Bertz CT molecular complexity index is 922. The van der Waals surface area contributed by atoms with Gasteiger partial charge in [0.05, 0.1) is 19.8 Å². The number of rotatable bonds is 4. The molecule has 1 unspecified atom stereocenters. The standard InChI is InChI=1S/C25H30FNO4/c1-25(2,3)31-24(28)27-11-10-23(17-4-7-21(26)8-5-17)20(13-27)16-30-22-9-6-18-14-29-15-19(18)12-22/h4-9,12,20,23H,10-11,13-16H2,1-3H3/t20?,23-/m0/s1. The number of fused-ring (bicyclic) bond motifs is 1. The first-order valence-electron chi connectivity index (χ1n) is 10.8. The zero-order valence-electron chi connectivity index (χ0n) is 18.4. The van der Waals surface area contributed by atoms with E-state index in [0.717, 1.165) is 23.3 Å². The van der Waals surface area contributed by atoms with E-state index in [-0.39, 0.29) is 23.7 Å². The normalized spacial score (nSPS) is 21.0. The number of carbonyl (C=O) groups excluding carboxylic acids is 1. The first-order chi connectivity index (χ1) is 14.8. The van der Waals surface area contributed by atoms with Crippen molar-refractivity contribution in [2.75, 3.05) is 19.7 Å².